The highest BCUT2D eigenvalue weighted by atomic mass is 16.5. The molecule has 0 aliphatic rings. The Morgan fingerprint density at radius 1 is 0.463 bits per heavy atom. The van der Waals surface area contributed by atoms with Crippen LogP contribution in [0.1, 0.15) is 200 Å². The van der Waals surface area contributed by atoms with E-state index in [4.69, 9.17) is 15.2 Å². The molecule has 0 heterocycles. The maximum absolute atomic E-state index is 12.7. The van der Waals surface area contributed by atoms with Crippen molar-refractivity contribution >= 4 is 5.91 Å². The largest absolute Gasteiger partial charge is 0.385 e. The van der Waals surface area contributed by atoms with Gasteiger partial charge in [0, 0.05) is 32.3 Å². The fraction of sp³-hybridized carbons (Fsp3) is 0.973. The molecule has 0 rings (SSSR count). The van der Waals surface area contributed by atoms with E-state index < -0.39 is 5.41 Å². The second-order valence-corrected chi connectivity index (χ2v) is 13.0. The van der Waals surface area contributed by atoms with Gasteiger partial charge in [0.05, 0.1) is 0 Å². The topological polar surface area (TPSA) is 61.6 Å². The summed E-state index contributed by atoms with van der Waals surface area (Å²) in [6.45, 7) is 6.86. The number of hydrogen-bond acceptors (Lipinski definition) is 3. The number of nitrogens with two attached hydrogens (primary N) is 1. The Morgan fingerprint density at radius 2 is 0.780 bits per heavy atom. The molecule has 1 atom stereocenters. The molecular weight excluding hydrogens is 506 g/mol. The SMILES string of the molecule is CCCCCCCCCCCCCCCCOCCCC(CCCCCCCCCCCC)(CCCOC)C(N)=O. The summed E-state index contributed by atoms with van der Waals surface area (Å²) < 4.78 is 11.3. The van der Waals surface area contributed by atoms with E-state index in [0.717, 1.165) is 58.2 Å². The van der Waals surface area contributed by atoms with E-state index in [0.29, 0.717) is 6.61 Å². The van der Waals surface area contributed by atoms with E-state index in [-0.39, 0.29) is 5.91 Å². The number of amides is 1. The van der Waals surface area contributed by atoms with Crippen LogP contribution in [0.15, 0.2) is 0 Å². The van der Waals surface area contributed by atoms with Gasteiger partial charge in [0.25, 0.3) is 0 Å². The molecular formula is C37H75NO3. The van der Waals surface area contributed by atoms with Crippen LogP contribution in [0.2, 0.25) is 0 Å². The van der Waals surface area contributed by atoms with Gasteiger partial charge in [0.2, 0.25) is 5.91 Å². The lowest BCUT2D eigenvalue weighted by Crippen LogP contribution is -2.38. The highest BCUT2D eigenvalue weighted by Crippen LogP contribution is 2.36. The molecule has 2 N–H and O–H groups in total. The van der Waals surface area contributed by atoms with Crippen molar-refractivity contribution < 1.29 is 14.3 Å². The summed E-state index contributed by atoms with van der Waals surface area (Å²) in [7, 11) is 1.74. The lowest BCUT2D eigenvalue weighted by molar-refractivity contribution is -0.129. The van der Waals surface area contributed by atoms with E-state index in [9.17, 15) is 4.79 Å². The third-order valence-corrected chi connectivity index (χ3v) is 9.12. The van der Waals surface area contributed by atoms with Gasteiger partial charge in [-0.1, -0.05) is 162 Å². The van der Waals surface area contributed by atoms with E-state index >= 15 is 0 Å². The van der Waals surface area contributed by atoms with Gasteiger partial charge in [0.15, 0.2) is 0 Å². The molecule has 1 unspecified atom stereocenters. The highest BCUT2D eigenvalue weighted by molar-refractivity contribution is 5.80. The Balaban J connectivity index is 3.92. The van der Waals surface area contributed by atoms with Crippen molar-refractivity contribution in [2.24, 2.45) is 11.1 Å². The first kappa shape index (κ1) is 40.4. The zero-order chi connectivity index (χ0) is 30.1. The van der Waals surface area contributed by atoms with E-state index in [1.807, 2.05) is 0 Å². The third-order valence-electron chi connectivity index (χ3n) is 9.12. The second kappa shape index (κ2) is 32.3. The molecule has 0 spiro atoms. The molecule has 0 saturated carbocycles. The summed E-state index contributed by atoms with van der Waals surface area (Å²) >= 11 is 0. The van der Waals surface area contributed by atoms with Gasteiger partial charge in [-0.25, -0.2) is 0 Å². The molecule has 0 saturated heterocycles. The number of primary amides is 1. The summed E-state index contributed by atoms with van der Waals surface area (Å²) in [6, 6.07) is 0. The summed E-state index contributed by atoms with van der Waals surface area (Å²) in [5.41, 5.74) is 5.64. The molecule has 4 nitrogen and oxygen atoms in total. The quantitative estimate of drug-likeness (QED) is 0.0757. The fourth-order valence-corrected chi connectivity index (χ4v) is 6.26. The van der Waals surface area contributed by atoms with Crippen molar-refractivity contribution in [1.29, 1.82) is 0 Å². The van der Waals surface area contributed by atoms with Crippen molar-refractivity contribution in [3.63, 3.8) is 0 Å². The Bertz CT molecular complexity index is 526. The molecule has 0 aliphatic heterocycles. The highest BCUT2D eigenvalue weighted by Gasteiger charge is 2.34. The van der Waals surface area contributed by atoms with Crippen molar-refractivity contribution in [1.82, 2.24) is 0 Å². The van der Waals surface area contributed by atoms with Crippen LogP contribution in [0.4, 0.5) is 0 Å². The van der Waals surface area contributed by atoms with Crippen molar-refractivity contribution in [2.75, 3.05) is 26.9 Å². The maximum atomic E-state index is 12.7. The van der Waals surface area contributed by atoms with Crippen LogP contribution in [0.25, 0.3) is 0 Å². The third kappa shape index (κ3) is 26.7. The minimum Gasteiger partial charge on any atom is -0.385 e. The van der Waals surface area contributed by atoms with E-state index in [1.165, 1.54) is 141 Å². The molecule has 0 aromatic rings. The fourth-order valence-electron chi connectivity index (χ4n) is 6.26. The molecule has 0 fully saturated rings. The summed E-state index contributed by atoms with van der Waals surface area (Å²) in [5.74, 6) is -0.114. The Labute approximate surface area is 258 Å². The number of unbranched alkanes of at least 4 members (excludes halogenated alkanes) is 22. The smallest absolute Gasteiger partial charge is 0.223 e. The van der Waals surface area contributed by atoms with Crippen molar-refractivity contribution in [3.8, 4) is 0 Å². The molecule has 0 bridgehead atoms. The number of rotatable bonds is 35. The molecule has 0 aliphatic carbocycles. The van der Waals surface area contributed by atoms with Gasteiger partial charge in [-0.2, -0.15) is 0 Å². The van der Waals surface area contributed by atoms with Crippen LogP contribution in [-0.2, 0) is 14.3 Å². The number of carbonyl (C=O) groups is 1. The van der Waals surface area contributed by atoms with Crippen LogP contribution in [-0.4, -0.2) is 32.8 Å². The summed E-state index contributed by atoms with van der Waals surface area (Å²) in [6.07, 6.45) is 36.9. The molecule has 0 aromatic carbocycles. The zero-order valence-electron chi connectivity index (χ0n) is 28.4. The van der Waals surface area contributed by atoms with E-state index in [1.54, 1.807) is 7.11 Å². The standard InChI is InChI=1S/C37H75NO3/c1-4-6-8-10-12-14-16-17-18-19-21-23-25-27-34-41-35-29-32-37(36(38)39,31-28-33-40-3)30-26-24-22-20-15-13-11-9-7-5-2/h4-35H2,1-3H3,(H2,38,39). The molecule has 246 valence electrons. The lowest BCUT2D eigenvalue weighted by Gasteiger charge is -2.31. The Kier molecular flexibility index (Phi) is 31.8. The first-order valence-electron chi connectivity index (χ1n) is 18.5. The molecule has 4 heteroatoms. The summed E-state index contributed by atoms with van der Waals surface area (Å²) in [4.78, 5) is 12.7. The molecule has 0 radical (unpaired) electrons. The van der Waals surface area contributed by atoms with Crippen molar-refractivity contribution in [2.45, 2.75) is 200 Å². The monoisotopic (exact) mass is 582 g/mol. The average molecular weight is 582 g/mol. The number of hydrogen-bond donors (Lipinski definition) is 1. The molecule has 0 aromatic heterocycles. The minimum atomic E-state index is -0.392. The maximum Gasteiger partial charge on any atom is 0.223 e. The Morgan fingerprint density at radius 3 is 1.17 bits per heavy atom. The second-order valence-electron chi connectivity index (χ2n) is 13.0. The van der Waals surface area contributed by atoms with Crippen LogP contribution in [0, 0.1) is 5.41 Å². The lowest BCUT2D eigenvalue weighted by atomic mass is 9.74. The van der Waals surface area contributed by atoms with Gasteiger partial charge >= 0.3 is 0 Å². The predicted molar refractivity (Wildman–Crippen MR) is 180 cm³/mol. The van der Waals surface area contributed by atoms with Gasteiger partial charge in [-0.05, 0) is 38.5 Å². The number of ether oxygens (including phenoxy) is 2. The summed E-state index contributed by atoms with van der Waals surface area (Å²) in [5, 5.41) is 0. The van der Waals surface area contributed by atoms with Gasteiger partial charge in [0.1, 0.15) is 0 Å². The van der Waals surface area contributed by atoms with Crippen LogP contribution in [0.3, 0.4) is 0 Å². The average Bonchev–Trinajstić information content (AvgIpc) is 2.97. The van der Waals surface area contributed by atoms with Gasteiger partial charge in [-0.15, -0.1) is 0 Å². The molecule has 1 amide bonds. The molecule has 41 heavy (non-hydrogen) atoms. The van der Waals surface area contributed by atoms with Crippen LogP contribution in [0.5, 0.6) is 0 Å². The van der Waals surface area contributed by atoms with Crippen molar-refractivity contribution in [3.05, 3.63) is 0 Å². The zero-order valence-corrected chi connectivity index (χ0v) is 28.4. The number of methoxy groups -OCH3 is 1. The predicted octanol–water partition coefficient (Wildman–Crippen LogP) is 11.5. The van der Waals surface area contributed by atoms with Crippen LogP contribution >= 0.6 is 0 Å². The normalized spacial score (nSPS) is 13.0. The Hall–Kier alpha value is -0.610. The number of carbonyl (C=O) groups excluding carboxylic acids is 1. The van der Waals surface area contributed by atoms with Gasteiger partial charge in [-0.3, -0.25) is 4.79 Å². The first-order valence-corrected chi connectivity index (χ1v) is 18.5. The van der Waals surface area contributed by atoms with Crippen LogP contribution < -0.4 is 5.73 Å². The first-order chi connectivity index (χ1) is 20.1. The van der Waals surface area contributed by atoms with Gasteiger partial charge < -0.3 is 15.2 Å². The minimum absolute atomic E-state index is 0.114. The van der Waals surface area contributed by atoms with E-state index in [2.05, 4.69) is 13.8 Å².